The Labute approximate surface area is 179 Å². The van der Waals surface area contributed by atoms with Gasteiger partial charge in [-0.15, -0.1) is 10.2 Å². The second kappa shape index (κ2) is 10.2. The number of nitrogens with zero attached hydrogens (tertiary/aromatic N) is 3. The van der Waals surface area contributed by atoms with Crippen molar-refractivity contribution in [3.05, 3.63) is 53.6 Å². The zero-order valence-electron chi connectivity index (χ0n) is 18.4. The van der Waals surface area contributed by atoms with Gasteiger partial charge in [-0.3, -0.25) is 0 Å². The van der Waals surface area contributed by atoms with Crippen LogP contribution in [0, 0.1) is 19.8 Å². The summed E-state index contributed by atoms with van der Waals surface area (Å²) in [5.74, 6) is 1.54. The lowest BCUT2D eigenvalue weighted by Crippen LogP contribution is -1.99. The molecule has 0 amide bonds. The number of aromatic hydroxyl groups is 1. The second-order valence-corrected chi connectivity index (χ2v) is 8.29. The zero-order valence-corrected chi connectivity index (χ0v) is 18.4. The van der Waals surface area contributed by atoms with Crippen molar-refractivity contribution in [2.45, 2.75) is 53.4 Å². The van der Waals surface area contributed by atoms with E-state index in [1.54, 1.807) is 6.07 Å². The first-order valence-electron chi connectivity index (χ1n) is 10.7. The van der Waals surface area contributed by atoms with Gasteiger partial charge in [0, 0.05) is 17.2 Å². The molecule has 3 aromatic rings. The number of hydrogen-bond donors (Lipinski definition) is 1. The predicted octanol–water partition coefficient (Wildman–Crippen LogP) is 6.12. The van der Waals surface area contributed by atoms with Gasteiger partial charge in [-0.2, -0.15) is 0 Å². The average molecular weight is 406 g/mol. The van der Waals surface area contributed by atoms with Crippen molar-refractivity contribution < 1.29 is 9.84 Å². The van der Waals surface area contributed by atoms with Crippen molar-refractivity contribution in [2.24, 2.45) is 5.92 Å². The highest BCUT2D eigenvalue weighted by molar-refractivity contribution is 5.73. The lowest BCUT2D eigenvalue weighted by Gasteiger charge is -2.10. The molecule has 0 radical (unpaired) electrons. The minimum absolute atomic E-state index is 0.124. The van der Waals surface area contributed by atoms with Gasteiger partial charge in [-0.05, 0) is 55.2 Å². The van der Waals surface area contributed by atoms with E-state index < -0.39 is 0 Å². The van der Waals surface area contributed by atoms with E-state index in [0.29, 0.717) is 23.6 Å². The van der Waals surface area contributed by atoms with Gasteiger partial charge >= 0.3 is 0 Å². The van der Waals surface area contributed by atoms with Crippen LogP contribution < -0.4 is 4.74 Å². The zero-order chi connectivity index (χ0) is 21.5. The number of rotatable bonds is 9. The van der Waals surface area contributed by atoms with Crippen molar-refractivity contribution in [2.75, 3.05) is 6.61 Å². The van der Waals surface area contributed by atoms with E-state index in [0.717, 1.165) is 35.6 Å². The Morgan fingerprint density at radius 2 is 1.60 bits per heavy atom. The number of phenols is 1. The molecule has 0 saturated heterocycles. The summed E-state index contributed by atoms with van der Waals surface area (Å²) in [6, 6.07) is 13.4. The highest BCUT2D eigenvalue weighted by Gasteiger charge is 2.12. The maximum atomic E-state index is 10.5. The van der Waals surface area contributed by atoms with Crippen LogP contribution in [0.1, 0.15) is 50.7 Å². The van der Waals surface area contributed by atoms with Crippen LogP contribution in [0.5, 0.6) is 11.5 Å². The molecule has 30 heavy (non-hydrogen) atoms. The standard InChI is InChI=1S/C25H31N3O2/c1-17(2)8-6-5-7-13-30-20-10-12-22(25(29)15-20)24-16-23(26-28-27-24)21-11-9-18(3)14-19(21)4/h9-12,14-17,29H,5-8,13H2,1-4H3. The van der Waals surface area contributed by atoms with Crippen LogP contribution in [-0.4, -0.2) is 27.1 Å². The number of phenolic OH excluding ortho intramolecular Hbond substituents is 1. The molecule has 158 valence electrons. The van der Waals surface area contributed by atoms with E-state index in [2.05, 4.69) is 55.2 Å². The molecule has 1 aromatic heterocycles. The van der Waals surface area contributed by atoms with Crippen molar-refractivity contribution in [1.82, 2.24) is 15.4 Å². The highest BCUT2D eigenvalue weighted by Crippen LogP contribution is 2.33. The number of ether oxygens (including phenoxy) is 1. The van der Waals surface area contributed by atoms with Gasteiger partial charge in [0.2, 0.25) is 0 Å². The minimum Gasteiger partial charge on any atom is -0.507 e. The minimum atomic E-state index is 0.124. The first-order chi connectivity index (χ1) is 14.4. The Hall–Kier alpha value is -2.95. The van der Waals surface area contributed by atoms with E-state index in [9.17, 15) is 5.11 Å². The maximum Gasteiger partial charge on any atom is 0.128 e. The summed E-state index contributed by atoms with van der Waals surface area (Å²) in [5.41, 5.74) is 5.26. The van der Waals surface area contributed by atoms with E-state index in [-0.39, 0.29) is 5.75 Å². The predicted molar refractivity (Wildman–Crippen MR) is 121 cm³/mol. The number of aryl methyl sites for hydroxylation is 2. The second-order valence-electron chi connectivity index (χ2n) is 8.29. The average Bonchev–Trinajstić information content (AvgIpc) is 2.70. The molecule has 0 aliphatic rings. The summed E-state index contributed by atoms with van der Waals surface area (Å²) in [4.78, 5) is 0. The van der Waals surface area contributed by atoms with Gasteiger partial charge in [0.15, 0.2) is 0 Å². The van der Waals surface area contributed by atoms with Crippen molar-refractivity contribution in [3.63, 3.8) is 0 Å². The summed E-state index contributed by atoms with van der Waals surface area (Å²) in [5, 5.41) is 22.7. The van der Waals surface area contributed by atoms with E-state index in [4.69, 9.17) is 4.74 Å². The summed E-state index contributed by atoms with van der Waals surface area (Å²) < 4.78 is 5.80. The SMILES string of the molecule is Cc1ccc(-c2cc(-c3ccc(OCCCCCC(C)C)cc3O)nnn2)c(C)c1. The number of benzene rings is 2. The van der Waals surface area contributed by atoms with Crippen LogP contribution in [0.15, 0.2) is 42.5 Å². The molecule has 0 unspecified atom stereocenters. The van der Waals surface area contributed by atoms with Crippen LogP contribution in [0.2, 0.25) is 0 Å². The quantitative estimate of drug-likeness (QED) is 0.434. The Bertz CT molecular complexity index is 986. The van der Waals surface area contributed by atoms with Crippen LogP contribution in [0.3, 0.4) is 0 Å². The molecular formula is C25H31N3O2. The molecule has 0 aliphatic carbocycles. The van der Waals surface area contributed by atoms with Gasteiger partial charge in [0.1, 0.15) is 17.2 Å². The van der Waals surface area contributed by atoms with Gasteiger partial charge < -0.3 is 9.84 Å². The molecule has 0 saturated carbocycles. The largest absolute Gasteiger partial charge is 0.507 e. The van der Waals surface area contributed by atoms with E-state index in [1.165, 1.54) is 18.4 Å². The smallest absolute Gasteiger partial charge is 0.128 e. The molecule has 0 spiro atoms. The fraction of sp³-hybridized carbons (Fsp3) is 0.400. The Morgan fingerprint density at radius 1 is 0.867 bits per heavy atom. The molecule has 0 atom stereocenters. The molecule has 0 bridgehead atoms. The first-order valence-corrected chi connectivity index (χ1v) is 10.7. The van der Waals surface area contributed by atoms with E-state index >= 15 is 0 Å². The molecule has 3 rings (SSSR count). The van der Waals surface area contributed by atoms with Crippen LogP contribution in [-0.2, 0) is 0 Å². The maximum absolute atomic E-state index is 10.5. The summed E-state index contributed by atoms with van der Waals surface area (Å²) >= 11 is 0. The van der Waals surface area contributed by atoms with Crippen molar-refractivity contribution >= 4 is 0 Å². The van der Waals surface area contributed by atoms with Gasteiger partial charge in [0.25, 0.3) is 0 Å². The molecule has 0 fully saturated rings. The number of unbranched alkanes of at least 4 members (excludes halogenated alkanes) is 2. The lowest BCUT2D eigenvalue weighted by atomic mass is 10.0. The Kier molecular flexibility index (Phi) is 7.39. The lowest BCUT2D eigenvalue weighted by molar-refractivity contribution is 0.301. The highest BCUT2D eigenvalue weighted by atomic mass is 16.5. The normalized spacial score (nSPS) is 11.1. The topological polar surface area (TPSA) is 68.1 Å². The Balaban J connectivity index is 1.68. The third kappa shape index (κ3) is 5.78. The fourth-order valence-corrected chi connectivity index (χ4v) is 3.51. The monoisotopic (exact) mass is 405 g/mol. The number of aromatic nitrogens is 3. The Morgan fingerprint density at radius 3 is 2.30 bits per heavy atom. The van der Waals surface area contributed by atoms with Gasteiger partial charge in [-0.1, -0.05) is 56.9 Å². The summed E-state index contributed by atoms with van der Waals surface area (Å²) in [6.07, 6.45) is 4.67. The van der Waals surface area contributed by atoms with E-state index in [1.807, 2.05) is 24.3 Å². The molecule has 5 heteroatoms. The third-order valence-corrected chi connectivity index (χ3v) is 5.18. The molecule has 0 aliphatic heterocycles. The first kappa shape index (κ1) is 21.8. The van der Waals surface area contributed by atoms with Crippen LogP contribution >= 0.6 is 0 Å². The third-order valence-electron chi connectivity index (χ3n) is 5.18. The molecule has 1 heterocycles. The van der Waals surface area contributed by atoms with Crippen molar-refractivity contribution in [3.8, 4) is 34.0 Å². The molecule has 2 aromatic carbocycles. The summed E-state index contributed by atoms with van der Waals surface area (Å²) in [6.45, 7) is 9.27. The van der Waals surface area contributed by atoms with Crippen LogP contribution in [0.25, 0.3) is 22.5 Å². The summed E-state index contributed by atoms with van der Waals surface area (Å²) in [7, 11) is 0. The molecule has 1 N–H and O–H groups in total. The number of hydrogen-bond acceptors (Lipinski definition) is 5. The molecular weight excluding hydrogens is 374 g/mol. The van der Waals surface area contributed by atoms with Gasteiger partial charge in [-0.25, -0.2) is 0 Å². The fourth-order valence-electron chi connectivity index (χ4n) is 3.51. The van der Waals surface area contributed by atoms with Gasteiger partial charge in [0.05, 0.1) is 12.3 Å². The molecule has 5 nitrogen and oxygen atoms in total. The van der Waals surface area contributed by atoms with Crippen LogP contribution in [0.4, 0.5) is 0 Å². The van der Waals surface area contributed by atoms with Crippen molar-refractivity contribution in [1.29, 1.82) is 0 Å².